The monoisotopic (exact) mass is 248 g/mol. The van der Waals surface area contributed by atoms with Crippen molar-refractivity contribution in [3.05, 3.63) is 35.9 Å². The highest BCUT2D eigenvalue weighted by Gasteiger charge is 2.27. The summed E-state index contributed by atoms with van der Waals surface area (Å²) in [6.45, 7) is 1.89. The Hall–Kier alpha value is -1.84. The summed E-state index contributed by atoms with van der Waals surface area (Å²) >= 11 is 0. The predicted octanol–water partition coefficient (Wildman–Crippen LogP) is 2.04. The Balaban J connectivity index is 2.20. The van der Waals surface area contributed by atoms with E-state index in [-0.39, 0.29) is 37.0 Å². The zero-order valence-electron chi connectivity index (χ0n) is 10.3. The van der Waals surface area contributed by atoms with Crippen LogP contribution in [0, 0.1) is 0 Å². The van der Waals surface area contributed by atoms with Gasteiger partial charge < -0.3 is 9.47 Å². The van der Waals surface area contributed by atoms with Crippen LogP contribution in [-0.2, 0) is 19.1 Å². The smallest absolute Gasteiger partial charge is 0.313 e. The molecule has 4 heteroatoms. The van der Waals surface area contributed by atoms with Crippen LogP contribution in [-0.4, -0.2) is 24.6 Å². The van der Waals surface area contributed by atoms with Crippen molar-refractivity contribution in [2.24, 2.45) is 0 Å². The van der Waals surface area contributed by atoms with E-state index in [1.807, 2.05) is 30.3 Å². The molecule has 0 bridgehead atoms. The molecule has 0 radical (unpaired) electrons. The fourth-order valence-corrected chi connectivity index (χ4v) is 2.05. The van der Waals surface area contributed by atoms with E-state index in [9.17, 15) is 9.59 Å². The zero-order chi connectivity index (χ0) is 13.0. The number of hydrogen-bond donors (Lipinski definition) is 0. The maximum Gasteiger partial charge on any atom is 0.313 e. The van der Waals surface area contributed by atoms with E-state index in [2.05, 4.69) is 0 Å². The summed E-state index contributed by atoms with van der Waals surface area (Å²) in [4.78, 5) is 23.3. The van der Waals surface area contributed by atoms with Gasteiger partial charge in [0.25, 0.3) is 0 Å². The van der Waals surface area contributed by atoms with Gasteiger partial charge in [0, 0.05) is 6.42 Å². The number of esters is 2. The van der Waals surface area contributed by atoms with E-state index in [1.165, 1.54) is 0 Å². The Morgan fingerprint density at radius 3 is 2.61 bits per heavy atom. The predicted molar refractivity (Wildman–Crippen MR) is 64.9 cm³/mol. The minimum absolute atomic E-state index is 0.0910. The first-order valence-electron chi connectivity index (χ1n) is 6.08. The van der Waals surface area contributed by atoms with Gasteiger partial charge in [-0.2, -0.15) is 0 Å². The van der Waals surface area contributed by atoms with E-state index in [0.717, 1.165) is 5.56 Å². The summed E-state index contributed by atoms with van der Waals surface area (Å²) in [6.07, 6.45) is 0.292. The molecule has 4 nitrogen and oxygen atoms in total. The highest BCUT2D eigenvalue weighted by molar-refractivity contribution is 5.79. The number of ether oxygens (including phenoxy) is 2. The number of hydrogen-bond acceptors (Lipinski definition) is 4. The molecule has 1 unspecified atom stereocenters. The number of benzene rings is 1. The molecule has 0 amide bonds. The molecule has 96 valence electrons. The zero-order valence-corrected chi connectivity index (χ0v) is 10.3. The molecule has 18 heavy (non-hydrogen) atoms. The highest BCUT2D eigenvalue weighted by atomic mass is 16.6. The lowest BCUT2D eigenvalue weighted by atomic mass is 9.93. The molecule has 1 aliphatic heterocycles. The number of cyclic esters (lactones) is 2. The Morgan fingerprint density at radius 2 is 1.89 bits per heavy atom. The Bertz CT molecular complexity index is 427. The van der Waals surface area contributed by atoms with Crippen LogP contribution in [0.3, 0.4) is 0 Å². The van der Waals surface area contributed by atoms with E-state index < -0.39 is 0 Å². The van der Waals surface area contributed by atoms with Crippen LogP contribution >= 0.6 is 0 Å². The average molecular weight is 248 g/mol. The Kier molecular flexibility index (Phi) is 3.97. The largest absolute Gasteiger partial charge is 0.465 e. The van der Waals surface area contributed by atoms with Crippen LogP contribution < -0.4 is 0 Å². The van der Waals surface area contributed by atoms with E-state index in [1.54, 1.807) is 6.92 Å². The molecule has 2 rings (SSSR count). The summed E-state index contributed by atoms with van der Waals surface area (Å²) in [5.74, 6) is -0.970. The first-order chi connectivity index (χ1) is 8.66. The van der Waals surface area contributed by atoms with Gasteiger partial charge in [0.15, 0.2) is 0 Å². The molecule has 1 heterocycles. The van der Waals surface area contributed by atoms with Crippen molar-refractivity contribution in [1.29, 1.82) is 0 Å². The number of carbonyl (C=O) groups is 2. The molecule has 1 aliphatic rings. The second-order valence-corrected chi connectivity index (χ2v) is 4.42. The fraction of sp³-hybridized carbons (Fsp3) is 0.429. The first kappa shape index (κ1) is 12.6. The molecule has 0 spiro atoms. The van der Waals surface area contributed by atoms with Gasteiger partial charge >= 0.3 is 11.9 Å². The van der Waals surface area contributed by atoms with Gasteiger partial charge in [0.1, 0.15) is 12.7 Å². The SMILES string of the molecule is C[C@H]1CC(c2ccccc2)C(=O)OCCC(=O)O1. The van der Waals surface area contributed by atoms with Crippen molar-refractivity contribution in [1.82, 2.24) is 0 Å². The van der Waals surface area contributed by atoms with Gasteiger partial charge in [0.05, 0.1) is 12.3 Å². The lowest BCUT2D eigenvalue weighted by molar-refractivity contribution is -0.149. The standard InChI is InChI=1S/C14H16O4/c1-10-9-12(11-5-3-2-4-6-11)14(16)17-8-7-13(15)18-10/h2-6,10,12H,7-9H2,1H3/t10-,12?/m0/s1. The first-order valence-corrected chi connectivity index (χ1v) is 6.08. The molecule has 0 saturated carbocycles. The third kappa shape index (κ3) is 3.09. The molecular formula is C14H16O4. The maximum absolute atomic E-state index is 12.0. The van der Waals surface area contributed by atoms with Crippen molar-refractivity contribution < 1.29 is 19.1 Å². The average Bonchev–Trinajstić information content (AvgIpc) is 2.41. The summed E-state index contributed by atoms with van der Waals surface area (Å²) in [7, 11) is 0. The molecule has 1 saturated heterocycles. The molecule has 1 aromatic rings. The van der Waals surface area contributed by atoms with Crippen LogP contribution in [0.5, 0.6) is 0 Å². The molecule has 0 aromatic heterocycles. The third-order valence-corrected chi connectivity index (χ3v) is 2.94. The quantitative estimate of drug-likeness (QED) is 0.714. The summed E-state index contributed by atoms with van der Waals surface area (Å²) in [5.41, 5.74) is 0.896. The summed E-state index contributed by atoms with van der Waals surface area (Å²) in [5, 5.41) is 0. The molecule has 1 aromatic carbocycles. The van der Waals surface area contributed by atoms with Crippen LogP contribution in [0.4, 0.5) is 0 Å². The Morgan fingerprint density at radius 1 is 1.17 bits per heavy atom. The van der Waals surface area contributed by atoms with E-state index in [0.29, 0.717) is 6.42 Å². The fourth-order valence-electron chi connectivity index (χ4n) is 2.05. The van der Waals surface area contributed by atoms with Crippen molar-refractivity contribution in [2.45, 2.75) is 31.8 Å². The van der Waals surface area contributed by atoms with Gasteiger partial charge in [-0.25, -0.2) is 0 Å². The molecule has 0 N–H and O–H groups in total. The van der Waals surface area contributed by atoms with Gasteiger partial charge in [-0.15, -0.1) is 0 Å². The topological polar surface area (TPSA) is 52.6 Å². The maximum atomic E-state index is 12.0. The number of carbonyl (C=O) groups excluding carboxylic acids is 2. The van der Waals surface area contributed by atoms with Crippen LogP contribution in [0.1, 0.15) is 31.2 Å². The second-order valence-electron chi connectivity index (χ2n) is 4.42. The highest BCUT2D eigenvalue weighted by Crippen LogP contribution is 2.25. The lowest BCUT2D eigenvalue weighted by Gasteiger charge is -2.18. The normalized spacial score (nSPS) is 25.4. The molecule has 1 fully saturated rings. The van der Waals surface area contributed by atoms with Crippen LogP contribution in [0.25, 0.3) is 0 Å². The minimum atomic E-state index is -0.368. The van der Waals surface area contributed by atoms with E-state index >= 15 is 0 Å². The van der Waals surface area contributed by atoms with Gasteiger partial charge in [-0.1, -0.05) is 30.3 Å². The van der Waals surface area contributed by atoms with Crippen LogP contribution in [0.2, 0.25) is 0 Å². The minimum Gasteiger partial charge on any atom is -0.465 e. The van der Waals surface area contributed by atoms with Crippen molar-refractivity contribution in [3.63, 3.8) is 0 Å². The van der Waals surface area contributed by atoms with Gasteiger partial charge in [-0.05, 0) is 12.5 Å². The van der Waals surface area contributed by atoms with Gasteiger partial charge in [-0.3, -0.25) is 9.59 Å². The van der Waals surface area contributed by atoms with Crippen molar-refractivity contribution in [2.75, 3.05) is 6.61 Å². The summed E-state index contributed by atoms with van der Waals surface area (Å²) < 4.78 is 10.3. The third-order valence-electron chi connectivity index (χ3n) is 2.94. The van der Waals surface area contributed by atoms with Crippen molar-refractivity contribution >= 4 is 11.9 Å². The molecular weight excluding hydrogens is 232 g/mol. The Labute approximate surface area is 106 Å². The lowest BCUT2D eigenvalue weighted by Crippen LogP contribution is -2.20. The second kappa shape index (κ2) is 5.67. The molecule has 2 atom stereocenters. The summed E-state index contributed by atoms with van der Waals surface area (Å²) in [6, 6.07) is 9.43. The van der Waals surface area contributed by atoms with Crippen LogP contribution in [0.15, 0.2) is 30.3 Å². The number of rotatable bonds is 1. The molecule has 0 aliphatic carbocycles. The van der Waals surface area contributed by atoms with E-state index in [4.69, 9.17) is 9.47 Å². The van der Waals surface area contributed by atoms with Crippen molar-refractivity contribution in [3.8, 4) is 0 Å². The van der Waals surface area contributed by atoms with Gasteiger partial charge in [0.2, 0.25) is 0 Å².